The molecule has 3 aromatic heterocycles. The number of aryl methyl sites for hydroxylation is 3. The molecule has 5 heteroatoms. The molecule has 0 bridgehead atoms. The Kier molecular flexibility index (Phi) is 4.49. The average molecular weight is 350 g/mol. The molecule has 136 valence electrons. The van der Waals surface area contributed by atoms with Gasteiger partial charge in [0.25, 0.3) is 0 Å². The van der Waals surface area contributed by atoms with E-state index in [0.717, 1.165) is 42.2 Å². The van der Waals surface area contributed by atoms with Crippen LogP contribution in [0.5, 0.6) is 0 Å². The largest absolute Gasteiger partial charge is 0.439 e. The predicted molar refractivity (Wildman–Crippen MR) is 102 cm³/mol. The summed E-state index contributed by atoms with van der Waals surface area (Å²) >= 11 is 0. The molecule has 0 amide bonds. The molecule has 0 saturated carbocycles. The lowest BCUT2D eigenvalue weighted by atomic mass is 9.98. The number of likely N-dealkylation sites (tertiary alicyclic amines) is 1. The maximum Gasteiger partial charge on any atom is 0.199 e. The lowest BCUT2D eigenvalue weighted by molar-refractivity contribution is 0.248. The Morgan fingerprint density at radius 3 is 2.65 bits per heavy atom. The van der Waals surface area contributed by atoms with Crippen LogP contribution in [0, 0.1) is 26.7 Å². The number of rotatable bonds is 4. The van der Waals surface area contributed by atoms with Gasteiger partial charge in [0.2, 0.25) is 0 Å². The van der Waals surface area contributed by atoms with E-state index in [9.17, 15) is 0 Å². The molecule has 26 heavy (non-hydrogen) atoms. The van der Waals surface area contributed by atoms with Gasteiger partial charge in [0, 0.05) is 30.9 Å². The van der Waals surface area contributed by atoms with Crippen LogP contribution in [0.1, 0.15) is 47.9 Å². The lowest BCUT2D eigenvalue weighted by Crippen LogP contribution is -2.25. The minimum absolute atomic E-state index is 0.294. The van der Waals surface area contributed by atoms with Crippen LogP contribution in [0.3, 0.4) is 0 Å². The van der Waals surface area contributed by atoms with E-state index in [1.807, 2.05) is 13.0 Å². The summed E-state index contributed by atoms with van der Waals surface area (Å²) in [4.78, 5) is 16.1. The van der Waals surface area contributed by atoms with Gasteiger partial charge in [0.05, 0.1) is 5.69 Å². The zero-order chi connectivity index (χ0) is 18.3. The SMILES string of the molecule is Cc1cc(C[C@H]2CCN([C@H](C)c3ccc4oc(C)nc4n3)C2)cc(C)n1. The summed E-state index contributed by atoms with van der Waals surface area (Å²) in [6.45, 7) is 10.5. The van der Waals surface area contributed by atoms with Crippen LogP contribution >= 0.6 is 0 Å². The quantitative estimate of drug-likeness (QED) is 0.707. The smallest absolute Gasteiger partial charge is 0.199 e. The third kappa shape index (κ3) is 3.49. The summed E-state index contributed by atoms with van der Waals surface area (Å²) in [6.07, 6.45) is 2.36. The van der Waals surface area contributed by atoms with E-state index < -0.39 is 0 Å². The molecule has 1 saturated heterocycles. The van der Waals surface area contributed by atoms with Crippen molar-refractivity contribution in [2.75, 3.05) is 13.1 Å². The number of pyridine rings is 2. The van der Waals surface area contributed by atoms with Crippen LogP contribution in [0.4, 0.5) is 0 Å². The highest BCUT2D eigenvalue weighted by Crippen LogP contribution is 2.29. The molecule has 4 heterocycles. The maximum absolute atomic E-state index is 5.54. The molecule has 0 spiro atoms. The van der Waals surface area contributed by atoms with Gasteiger partial charge < -0.3 is 4.42 Å². The van der Waals surface area contributed by atoms with Crippen molar-refractivity contribution in [3.63, 3.8) is 0 Å². The van der Waals surface area contributed by atoms with E-state index in [4.69, 9.17) is 9.40 Å². The van der Waals surface area contributed by atoms with Crippen LogP contribution in [0.2, 0.25) is 0 Å². The van der Waals surface area contributed by atoms with Crippen molar-refractivity contribution in [2.45, 2.75) is 46.6 Å². The molecular weight excluding hydrogens is 324 g/mol. The summed E-state index contributed by atoms with van der Waals surface area (Å²) in [6, 6.07) is 8.80. The highest BCUT2D eigenvalue weighted by atomic mass is 16.3. The summed E-state index contributed by atoms with van der Waals surface area (Å²) < 4.78 is 5.54. The van der Waals surface area contributed by atoms with Gasteiger partial charge in [-0.1, -0.05) is 0 Å². The fourth-order valence-electron chi connectivity index (χ4n) is 4.11. The standard InChI is InChI=1S/C21H26N4O/c1-13-9-18(10-14(2)22-13)11-17-7-8-25(12-17)15(3)19-5-6-20-21(24-19)23-16(4)26-20/h5-6,9-10,15,17H,7-8,11-12H2,1-4H3/t15-,17-/m1/s1. The second-order valence-corrected chi connectivity index (χ2v) is 7.58. The van der Waals surface area contributed by atoms with Crippen molar-refractivity contribution < 1.29 is 4.42 Å². The molecule has 4 rings (SSSR count). The molecule has 2 atom stereocenters. The first-order valence-electron chi connectivity index (χ1n) is 9.40. The van der Waals surface area contributed by atoms with Crippen LogP contribution in [-0.2, 0) is 6.42 Å². The van der Waals surface area contributed by atoms with Crippen LogP contribution in [0.15, 0.2) is 28.7 Å². The van der Waals surface area contributed by atoms with Gasteiger partial charge in [0.15, 0.2) is 17.1 Å². The first kappa shape index (κ1) is 17.2. The minimum Gasteiger partial charge on any atom is -0.439 e. The molecule has 1 aliphatic heterocycles. The number of oxazole rings is 1. The van der Waals surface area contributed by atoms with Crippen molar-refractivity contribution in [3.8, 4) is 0 Å². The van der Waals surface area contributed by atoms with Gasteiger partial charge in [-0.3, -0.25) is 9.88 Å². The van der Waals surface area contributed by atoms with Crippen LogP contribution in [0.25, 0.3) is 11.2 Å². The molecule has 0 unspecified atom stereocenters. The normalized spacial score (nSPS) is 19.3. The molecule has 5 nitrogen and oxygen atoms in total. The zero-order valence-corrected chi connectivity index (χ0v) is 16.0. The summed E-state index contributed by atoms with van der Waals surface area (Å²) in [7, 11) is 0. The van der Waals surface area contributed by atoms with E-state index in [1.165, 1.54) is 12.0 Å². The summed E-state index contributed by atoms with van der Waals surface area (Å²) in [5.74, 6) is 1.36. The molecule has 3 aromatic rings. The molecule has 0 aromatic carbocycles. The number of hydrogen-bond donors (Lipinski definition) is 0. The number of fused-ring (bicyclic) bond motifs is 1. The molecule has 0 radical (unpaired) electrons. The van der Waals surface area contributed by atoms with Crippen LogP contribution < -0.4 is 0 Å². The van der Waals surface area contributed by atoms with Crippen molar-refractivity contribution in [1.82, 2.24) is 19.9 Å². The Balaban J connectivity index is 1.45. The second-order valence-electron chi connectivity index (χ2n) is 7.58. The van der Waals surface area contributed by atoms with Crippen molar-refractivity contribution in [2.24, 2.45) is 5.92 Å². The highest BCUT2D eigenvalue weighted by Gasteiger charge is 2.28. The van der Waals surface area contributed by atoms with Gasteiger partial charge in [-0.2, -0.15) is 4.98 Å². The molecule has 0 aliphatic carbocycles. The van der Waals surface area contributed by atoms with Crippen molar-refractivity contribution >= 4 is 11.2 Å². The number of hydrogen-bond acceptors (Lipinski definition) is 5. The van der Waals surface area contributed by atoms with Crippen LogP contribution in [-0.4, -0.2) is 32.9 Å². The van der Waals surface area contributed by atoms with Gasteiger partial charge in [-0.05, 0) is 75.9 Å². The molecule has 0 N–H and O–H groups in total. The minimum atomic E-state index is 0.294. The third-order valence-corrected chi connectivity index (χ3v) is 5.34. The average Bonchev–Trinajstić information content (AvgIpc) is 3.17. The Bertz CT molecular complexity index is 913. The predicted octanol–water partition coefficient (Wildman–Crippen LogP) is 4.17. The Morgan fingerprint density at radius 2 is 1.88 bits per heavy atom. The van der Waals surface area contributed by atoms with E-state index in [-0.39, 0.29) is 0 Å². The van der Waals surface area contributed by atoms with E-state index in [1.54, 1.807) is 0 Å². The maximum atomic E-state index is 5.54. The van der Waals surface area contributed by atoms with E-state index in [2.05, 4.69) is 53.8 Å². The fraction of sp³-hybridized carbons (Fsp3) is 0.476. The van der Waals surface area contributed by atoms with Crippen molar-refractivity contribution in [1.29, 1.82) is 0 Å². The van der Waals surface area contributed by atoms with Gasteiger partial charge in [0.1, 0.15) is 0 Å². The Labute approximate surface area is 154 Å². The topological polar surface area (TPSA) is 55.1 Å². The van der Waals surface area contributed by atoms with Crippen molar-refractivity contribution in [3.05, 3.63) is 52.8 Å². The Hall–Kier alpha value is -2.27. The first-order chi connectivity index (χ1) is 12.5. The van der Waals surface area contributed by atoms with E-state index in [0.29, 0.717) is 23.5 Å². The van der Waals surface area contributed by atoms with Gasteiger partial charge >= 0.3 is 0 Å². The second kappa shape index (κ2) is 6.80. The number of nitrogens with zero attached hydrogens (tertiary/aromatic N) is 4. The highest BCUT2D eigenvalue weighted by molar-refractivity contribution is 5.67. The zero-order valence-electron chi connectivity index (χ0n) is 16.0. The third-order valence-electron chi connectivity index (χ3n) is 5.34. The summed E-state index contributed by atoms with van der Waals surface area (Å²) in [5.41, 5.74) is 6.19. The van der Waals surface area contributed by atoms with Gasteiger partial charge in [-0.25, -0.2) is 4.98 Å². The lowest BCUT2D eigenvalue weighted by Gasteiger charge is -2.24. The van der Waals surface area contributed by atoms with Gasteiger partial charge in [-0.15, -0.1) is 0 Å². The Morgan fingerprint density at radius 1 is 1.12 bits per heavy atom. The molecule has 1 aliphatic rings. The van der Waals surface area contributed by atoms with E-state index >= 15 is 0 Å². The number of aromatic nitrogens is 3. The molecular formula is C21H26N4O. The molecule has 1 fully saturated rings. The monoisotopic (exact) mass is 350 g/mol. The fourth-order valence-corrected chi connectivity index (χ4v) is 4.11. The summed E-state index contributed by atoms with van der Waals surface area (Å²) in [5, 5.41) is 0. The first-order valence-corrected chi connectivity index (χ1v) is 9.40.